The highest BCUT2D eigenvalue weighted by Gasteiger charge is 1.96. The molecule has 1 heterocycles. The Kier molecular flexibility index (Phi) is 5.94. The summed E-state index contributed by atoms with van der Waals surface area (Å²) in [6.45, 7) is 5.09. The molecule has 0 aliphatic rings. The minimum absolute atomic E-state index is 0.160. The quantitative estimate of drug-likeness (QED) is 0.702. The van der Waals surface area contributed by atoms with E-state index in [-0.39, 0.29) is 6.10 Å². The van der Waals surface area contributed by atoms with E-state index < -0.39 is 0 Å². The number of aliphatic hydroxyl groups is 1. The second kappa shape index (κ2) is 7.29. The molecule has 0 bridgehead atoms. The Balaban J connectivity index is 2.13. The summed E-state index contributed by atoms with van der Waals surface area (Å²) in [4.78, 5) is 0. The second-order valence-electron chi connectivity index (χ2n) is 4.50. The number of aromatic nitrogens is 1. The molecule has 0 aromatic carbocycles. The average Bonchev–Trinajstić information content (AvgIpc) is 2.70. The van der Waals surface area contributed by atoms with Gasteiger partial charge < -0.3 is 9.67 Å². The highest BCUT2D eigenvalue weighted by Crippen LogP contribution is 2.09. The van der Waals surface area contributed by atoms with E-state index in [2.05, 4.69) is 42.1 Å². The van der Waals surface area contributed by atoms with E-state index >= 15 is 0 Å². The summed E-state index contributed by atoms with van der Waals surface area (Å²) in [5, 5.41) is 9.14. The Morgan fingerprint density at radius 1 is 1.38 bits per heavy atom. The lowest BCUT2D eigenvalue weighted by Crippen LogP contribution is -1.98. The summed E-state index contributed by atoms with van der Waals surface area (Å²) < 4.78 is 2.19. The van der Waals surface area contributed by atoms with Crippen LogP contribution in [0.25, 0.3) is 0 Å². The van der Waals surface area contributed by atoms with Gasteiger partial charge >= 0.3 is 0 Å². The van der Waals surface area contributed by atoms with Gasteiger partial charge in [-0.15, -0.1) is 0 Å². The minimum atomic E-state index is -0.160. The smallest absolute Gasteiger partial charge is 0.0512 e. The summed E-state index contributed by atoms with van der Waals surface area (Å²) in [7, 11) is 0. The average molecular weight is 221 g/mol. The summed E-state index contributed by atoms with van der Waals surface area (Å²) in [6.07, 6.45) is 10.5. The molecule has 0 saturated carbocycles. The number of hydrogen-bond donors (Lipinski definition) is 1. The summed E-state index contributed by atoms with van der Waals surface area (Å²) in [5.41, 5.74) is 1.44. The highest BCUT2D eigenvalue weighted by atomic mass is 16.3. The van der Waals surface area contributed by atoms with Gasteiger partial charge in [0.15, 0.2) is 0 Å². The number of rotatable bonds is 7. The second-order valence-corrected chi connectivity index (χ2v) is 4.50. The summed E-state index contributed by atoms with van der Waals surface area (Å²) in [5.74, 6) is 0. The third kappa shape index (κ3) is 5.76. The zero-order chi connectivity index (χ0) is 11.8. The van der Waals surface area contributed by atoms with E-state index in [1.54, 1.807) is 0 Å². The standard InChI is InChI=1S/C14H23NO/c1-13(7-5-9-14(2)16)8-6-12-15-10-3-4-11-15/h3-4,8,10-11,14,16H,5-7,9,12H2,1-2H3/b13-8+. The lowest BCUT2D eigenvalue weighted by atomic mass is 10.1. The first kappa shape index (κ1) is 13.0. The molecule has 2 nitrogen and oxygen atoms in total. The van der Waals surface area contributed by atoms with Crippen LogP contribution < -0.4 is 0 Å². The first-order valence-corrected chi connectivity index (χ1v) is 6.13. The zero-order valence-electron chi connectivity index (χ0n) is 10.4. The molecule has 1 unspecified atom stereocenters. The molecule has 0 amide bonds. The van der Waals surface area contributed by atoms with Crippen molar-refractivity contribution in [1.29, 1.82) is 0 Å². The summed E-state index contributed by atoms with van der Waals surface area (Å²) in [6, 6.07) is 4.11. The molecule has 2 heteroatoms. The molecule has 0 fully saturated rings. The predicted molar refractivity (Wildman–Crippen MR) is 68.3 cm³/mol. The number of aliphatic hydroxyl groups excluding tert-OH is 1. The van der Waals surface area contributed by atoms with Gasteiger partial charge in [-0.2, -0.15) is 0 Å². The molecular weight excluding hydrogens is 198 g/mol. The van der Waals surface area contributed by atoms with Gasteiger partial charge in [-0.1, -0.05) is 11.6 Å². The largest absolute Gasteiger partial charge is 0.393 e. The first-order valence-electron chi connectivity index (χ1n) is 6.13. The van der Waals surface area contributed by atoms with E-state index in [4.69, 9.17) is 5.11 Å². The van der Waals surface area contributed by atoms with Gasteiger partial charge in [0, 0.05) is 18.9 Å². The van der Waals surface area contributed by atoms with Crippen LogP contribution in [0.3, 0.4) is 0 Å². The molecule has 0 aliphatic carbocycles. The maximum Gasteiger partial charge on any atom is 0.0512 e. The number of aryl methyl sites for hydroxylation is 1. The van der Waals surface area contributed by atoms with Crippen LogP contribution in [0.2, 0.25) is 0 Å². The third-order valence-corrected chi connectivity index (χ3v) is 2.74. The van der Waals surface area contributed by atoms with Crippen LogP contribution in [0.15, 0.2) is 36.2 Å². The molecule has 0 saturated heterocycles. The van der Waals surface area contributed by atoms with Crippen molar-refractivity contribution in [3.8, 4) is 0 Å². The van der Waals surface area contributed by atoms with Gasteiger partial charge in [-0.25, -0.2) is 0 Å². The maximum absolute atomic E-state index is 9.14. The van der Waals surface area contributed by atoms with Crippen LogP contribution >= 0.6 is 0 Å². The zero-order valence-corrected chi connectivity index (χ0v) is 10.4. The Labute approximate surface area is 98.6 Å². The molecule has 1 atom stereocenters. The van der Waals surface area contributed by atoms with E-state index in [9.17, 15) is 0 Å². The van der Waals surface area contributed by atoms with Crippen molar-refractivity contribution in [2.24, 2.45) is 0 Å². The fourth-order valence-corrected chi connectivity index (χ4v) is 1.76. The van der Waals surface area contributed by atoms with Gasteiger partial charge in [0.2, 0.25) is 0 Å². The Morgan fingerprint density at radius 3 is 2.69 bits per heavy atom. The molecule has 0 radical (unpaired) electrons. The van der Waals surface area contributed by atoms with Crippen molar-refractivity contribution in [1.82, 2.24) is 4.57 Å². The van der Waals surface area contributed by atoms with Crippen LogP contribution in [0, 0.1) is 0 Å². The van der Waals surface area contributed by atoms with E-state index in [1.165, 1.54) is 5.57 Å². The van der Waals surface area contributed by atoms with Crippen molar-refractivity contribution >= 4 is 0 Å². The number of allylic oxidation sites excluding steroid dienone is 2. The molecule has 1 aromatic rings. The van der Waals surface area contributed by atoms with E-state index in [0.717, 1.165) is 32.2 Å². The number of hydrogen-bond acceptors (Lipinski definition) is 1. The van der Waals surface area contributed by atoms with Crippen molar-refractivity contribution in [2.75, 3.05) is 0 Å². The monoisotopic (exact) mass is 221 g/mol. The first-order chi connectivity index (χ1) is 7.68. The lowest BCUT2D eigenvalue weighted by Gasteiger charge is -2.04. The van der Waals surface area contributed by atoms with E-state index in [0.29, 0.717) is 0 Å². The molecule has 90 valence electrons. The van der Waals surface area contributed by atoms with Gasteiger partial charge in [-0.3, -0.25) is 0 Å². The molecule has 1 rings (SSSR count). The Hall–Kier alpha value is -1.02. The molecule has 16 heavy (non-hydrogen) atoms. The molecule has 0 spiro atoms. The molecular formula is C14H23NO. The van der Waals surface area contributed by atoms with Crippen molar-refractivity contribution < 1.29 is 5.11 Å². The summed E-state index contributed by atoms with van der Waals surface area (Å²) >= 11 is 0. The predicted octanol–water partition coefficient (Wildman–Crippen LogP) is 3.38. The Bertz CT molecular complexity index is 299. The van der Waals surface area contributed by atoms with Gasteiger partial charge in [0.1, 0.15) is 0 Å². The topological polar surface area (TPSA) is 25.2 Å². The lowest BCUT2D eigenvalue weighted by molar-refractivity contribution is 0.181. The van der Waals surface area contributed by atoms with Gasteiger partial charge in [0.25, 0.3) is 0 Å². The minimum Gasteiger partial charge on any atom is -0.393 e. The normalized spacial score (nSPS) is 14.1. The Morgan fingerprint density at radius 2 is 2.06 bits per heavy atom. The van der Waals surface area contributed by atoms with Crippen LogP contribution in [-0.4, -0.2) is 15.8 Å². The van der Waals surface area contributed by atoms with Crippen molar-refractivity contribution in [2.45, 2.75) is 52.2 Å². The maximum atomic E-state index is 9.14. The van der Waals surface area contributed by atoms with Crippen LogP contribution in [0.1, 0.15) is 39.5 Å². The van der Waals surface area contributed by atoms with Crippen LogP contribution in [0.5, 0.6) is 0 Å². The molecule has 1 aromatic heterocycles. The third-order valence-electron chi connectivity index (χ3n) is 2.74. The van der Waals surface area contributed by atoms with Crippen molar-refractivity contribution in [3.05, 3.63) is 36.2 Å². The highest BCUT2D eigenvalue weighted by molar-refractivity contribution is 4.98. The SMILES string of the molecule is C/C(=C\CCn1cccc1)CCCC(C)O. The fourth-order valence-electron chi connectivity index (χ4n) is 1.76. The van der Waals surface area contributed by atoms with Crippen LogP contribution in [-0.2, 0) is 6.54 Å². The molecule has 1 N–H and O–H groups in total. The van der Waals surface area contributed by atoms with Crippen LogP contribution in [0.4, 0.5) is 0 Å². The molecule has 0 aliphatic heterocycles. The van der Waals surface area contributed by atoms with E-state index in [1.807, 2.05) is 6.92 Å². The van der Waals surface area contributed by atoms with Gasteiger partial charge in [-0.05, 0) is 51.7 Å². The fraction of sp³-hybridized carbons (Fsp3) is 0.571. The van der Waals surface area contributed by atoms with Gasteiger partial charge in [0.05, 0.1) is 6.10 Å². The van der Waals surface area contributed by atoms with Crippen molar-refractivity contribution in [3.63, 3.8) is 0 Å². The number of nitrogens with zero attached hydrogens (tertiary/aromatic N) is 1.